The summed E-state index contributed by atoms with van der Waals surface area (Å²) in [7, 11) is 0. The van der Waals surface area contributed by atoms with Crippen molar-refractivity contribution in [2.45, 2.75) is 86.5 Å². The Balaban J connectivity index is 0.000000290. The van der Waals surface area contributed by atoms with Crippen LogP contribution < -0.4 is 0 Å². The molecular weight excluding hydrogens is 833 g/mol. The zero-order valence-electron chi connectivity index (χ0n) is 31.8. The molecule has 1 aliphatic rings. The Bertz CT molecular complexity index is 2190. The van der Waals surface area contributed by atoms with Gasteiger partial charge in [-0.15, -0.1) is 23.6 Å². The smallest absolute Gasteiger partial charge is 0.162 e. The molecular formula is C47H51IrN2O3-. The number of aliphatic hydroxyl groups excluding tert-OH is 1. The second-order valence-electron chi connectivity index (χ2n) is 14.3. The van der Waals surface area contributed by atoms with E-state index in [1.54, 1.807) is 0 Å². The third-order valence-electron chi connectivity index (χ3n) is 10.5. The van der Waals surface area contributed by atoms with Gasteiger partial charge in [0.2, 0.25) is 0 Å². The van der Waals surface area contributed by atoms with Gasteiger partial charge in [-0.05, 0) is 73.3 Å². The minimum absolute atomic E-state index is 0. The maximum absolute atomic E-state index is 11.7. The molecule has 0 spiro atoms. The molecule has 1 radical (unpaired) electrons. The topological polar surface area (TPSA) is 76.2 Å². The second kappa shape index (κ2) is 18.1. The number of rotatable bonds is 11. The minimum Gasteiger partial charge on any atom is -0.512 e. The zero-order valence-corrected chi connectivity index (χ0v) is 34.2. The molecule has 0 amide bonds. The van der Waals surface area contributed by atoms with Gasteiger partial charge in [-0.1, -0.05) is 107 Å². The number of carbonyl (C=O) groups is 1. The van der Waals surface area contributed by atoms with Crippen LogP contribution in [0.2, 0.25) is 0 Å². The van der Waals surface area contributed by atoms with Crippen LogP contribution in [-0.4, -0.2) is 20.9 Å². The van der Waals surface area contributed by atoms with E-state index in [-0.39, 0.29) is 43.5 Å². The van der Waals surface area contributed by atoms with E-state index in [0.717, 1.165) is 78.3 Å². The summed E-state index contributed by atoms with van der Waals surface area (Å²) in [5, 5.41) is 13.1. The Morgan fingerprint density at radius 3 is 2.23 bits per heavy atom. The van der Waals surface area contributed by atoms with Crippen molar-refractivity contribution in [3.05, 3.63) is 120 Å². The third kappa shape index (κ3) is 8.56. The van der Waals surface area contributed by atoms with Crippen molar-refractivity contribution in [1.29, 1.82) is 0 Å². The summed E-state index contributed by atoms with van der Waals surface area (Å²) < 4.78 is 6.46. The number of fused-ring (bicyclic) bond motifs is 6. The van der Waals surface area contributed by atoms with Crippen LogP contribution in [0.3, 0.4) is 0 Å². The number of benzene rings is 3. The summed E-state index contributed by atoms with van der Waals surface area (Å²) in [6, 6.07) is 29.1. The Hall–Kier alpha value is -4.38. The number of hydrogen-bond donors (Lipinski definition) is 1. The van der Waals surface area contributed by atoms with Crippen LogP contribution in [0.5, 0.6) is 0 Å². The predicted octanol–water partition coefficient (Wildman–Crippen LogP) is 12.3. The number of hydrogen-bond acceptors (Lipinski definition) is 5. The Morgan fingerprint density at radius 2 is 1.53 bits per heavy atom. The first-order valence-corrected chi connectivity index (χ1v) is 19.1. The fourth-order valence-corrected chi connectivity index (χ4v) is 7.60. The van der Waals surface area contributed by atoms with Crippen molar-refractivity contribution < 1.29 is 34.4 Å². The first-order valence-electron chi connectivity index (χ1n) is 19.1. The molecule has 0 fully saturated rings. The van der Waals surface area contributed by atoms with Gasteiger partial charge in [0.05, 0.1) is 5.76 Å². The predicted molar refractivity (Wildman–Crippen MR) is 214 cm³/mol. The molecule has 0 atom stereocenters. The maximum atomic E-state index is 11.7. The summed E-state index contributed by atoms with van der Waals surface area (Å²) in [5.41, 5.74) is 10.1. The normalized spacial score (nSPS) is 12.4. The molecule has 3 heterocycles. The zero-order chi connectivity index (χ0) is 36.8. The molecule has 0 bridgehead atoms. The molecule has 0 aliphatic heterocycles. The molecule has 1 N–H and O–H groups in total. The van der Waals surface area contributed by atoms with E-state index in [4.69, 9.17) is 14.4 Å². The van der Waals surface area contributed by atoms with Gasteiger partial charge < -0.3 is 9.52 Å². The molecule has 6 aromatic rings. The standard InChI is InChI=1S/C34H27N2O.C13H24O2.Ir/c1-21(2)18-29-26-12-13-30-32(27(26)14-16-35-29)33-31(37-30)15-17-36-34(33)24-19-23-10-6-7-11-25(23)28(20-24)22-8-4-3-5-9-22;1-5-10(6-2)12(14)9-13(15)11(7-3)8-4;/h3-11,14-17,20-21H,12-13,18H2,1-2H3;9-11,14H,5-8H2,1-4H3;/q-1;;/b;12-9-;. The number of aromatic nitrogens is 2. The minimum atomic E-state index is 0. The monoisotopic (exact) mass is 884 g/mol. The van der Waals surface area contributed by atoms with Crippen molar-refractivity contribution in [3.63, 3.8) is 0 Å². The van der Waals surface area contributed by atoms with Gasteiger partial charge in [-0.3, -0.25) is 14.8 Å². The van der Waals surface area contributed by atoms with Gasteiger partial charge in [0.25, 0.3) is 0 Å². The van der Waals surface area contributed by atoms with E-state index in [2.05, 4.69) is 86.6 Å². The number of nitrogens with zero attached hydrogens (tertiary/aromatic N) is 2. The van der Waals surface area contributed by atoms with Crippen LogP contribution in [0.4, 0.5) is 0 Å². The van der Waals surface area contributed by atoms with Gasteiger partial charge in [-0.2, -0.15) is 0 Å². The van der Waals surface area contributed by atoms with Gasteiger partial charge >= 0.3 is 0 Å². The molecule has 1 aliphatic carbocycles. The van der Waals surface area contributed by atoms with E-state index >= 15 is 0 Å². The van der Waals surface area contributed by atoms with Crippen molar-refractivity contribution in [3.8, 4) is 33.5 Å². The van der Waals surface area contributed by atoms with Crippen molar-refractivity contribution >= 4 is 27.5 Å². The quantitative estimate of drug-likeness (QED) is 0.0797. The van der Waals surface area contributed by atoms with E-state index in [9.17, 15) is 9.90 Å². The van der Waals surface area contributed by atoms with E-state index < -0.39 is 0 Å². The van der Waals surface area contributed by atoms with Crippen LogP contribution in [0.25, 0.3) is 55.3 Å². The van der Waals surface area contributed by atoms with Crippen molar-refractivity contribution in [2.24, 2.45) is 17.8 Å². The average Bonchev–Trinajstić information content (AvgIpc) is 3.55. The first kappa shape index (κ1) is 39.8. The number of carbonyl (C=O) groups excluding carboxylic acids is 1. The van der Waals surface area contributed by atoms with Crippen LogP contribution in [0.15, 0.2) is 101 Å². The summed E-state index contributed by atoms with van der Waals surface area (Å²) in [5.74, 6) is 2.15. The van der Waals surface area contributed by atoms with Crippen LogP contribution in [-0.2, 0) is 44.2 Å². The SMILES string of the molecule is CC(C)Cc1nccc2c1CCc1oc3ccnc(-c4[c-]c5ccccc5c(-c5ccccc5)c4)c3c1-2.CCC(CC)C(=O)/C=C(\O)C(CC)CC.[Ir]. The second-order valence-corrected chi connectivity index (χ2v) is 14.3. The van der Waals surface area contributed by atoms with Crippen LogP contribution in [0.1, 0.15) is 84.2 Å². The summed E-state index contributed by atoms with van der Waals surface area (Å²) in [6.45, 7) is 12.6. The molecule has 5 nitrogen and oxygen atoms in total. The molecule has 53 heavy (non-hydrogen) atoms. The maximum Gasteiger partial charge on any atom is 0.162 e. The Morgan fingerprint density at radius 1 is 0.849 bits per heavy atom. The fraction of sp³-hybridized carbons (Fsp3) is 0.340. The van der Waals surface area contributed by atoms with Gasteiger partial charge in [-0.25, -0.2) is 0 Å². The van der Waals surface area contributed by atoms with Crippen LogP contribution >= 0.6 is 0 Å². The van der Waals surface area contributed by atoms with Crippen LogP contribution in [0, 0.1) is 23.8 Å². The van der Waals surface area contributed by atoms with Crippen molar-refractivity contribution in [1.82, 2.24) is 9.97 Å². The van der Waals surface area contributed by atoms with Gasteiger partial charge in [0.15, 0.2) is 5.78 Å². The van der Waals surface area contributed by atoms with Gasteiger partial charge in [0.1, 0.15) is 11.3 Å². The number of furan rings is 1. The molecule has 277 valence electrons. The molecule has 3 aromatic carbocycles. The number of aryl methyl sites for hydroxylation is 1. The fourth-order valence-electron chi connectivity index (χ4n) is 7.60. The van der Waals surface area contributed by atoms with E-state index in [1.807, 2.05) is 46.2 Å². The molecule has 0 saturated carbocycles. The summed E-state index contributed by atoms with van der Waals surface area (Å²) in [6.07, 6.45) is 11.5. The molecule has 0 unspecified atom stereocenters. The number of ketones is 1. The third-order valence-corrected chi connectivity index (χ3v) is 10.5. The van der Waals surface area contributed by atoms with E-state index in [0.29, 0.717) is 5.92 Å². The first-order chi connectivity index (χ1) is 25.3. The average molecular weight is 884 g/mol. The molecule has 0 saturated heterocycles. The Labute approximate surface area is 328 Å². The van der Waals surface area contributed by atoms with Gasteiger partial charge in [0, 0.05) is 79.2 Å². The largest absolute Gasteiger partial charge is 0.512 e. The number of pyridine rings is 2. The number of allylic oxidation sites excluding steroid dienone is 2. The van der Waals surface area contributed by atoms with E-state index in [1.165, 1.54) is 45.0 Å². The molecule has 7 rings (SSSR count). The molecule has 3 aromatic heterocycles. The number of aliphatic hydroxyl groups is 1. The molecule has 6 heteroatoms. The Kier molecular flexibility index (Phi) is 13.6. The summed E-state index contributed by atoms with van der Waals surface area (Å²) in [4.78, 5) is 21.4. The van der Waals surface area contributed by atoms with Crippen molar-refractivity contribution in [2.75, 3.05) is 0 Å². The summed E-state index contributed by atoms with van der Waals surface area (Å²) >= 11 is 0.